The van der Waals surface area contributed by atoms with Gasteiger partial charge in [0.25, 0.3) is 0 Å². The Hall–Kier alpha value is -1.59. The third-order valence-corrected chi connectivity index (χ3v) is 3.90. The lowest BCUT2D eigenvalue weighted by molar-refractivity contribution is -0.130. The Morgan fingerprint density at radius 3 is 2.30 bits per heavy atom. The molecule has 2 amide bonds. The molecule has 0 saturated carbocycles. The molecule has 0 unspecified atom stereocenters. The van der Waals surface area contributed by atoms with Crippen LogP contribution in [0.15, 0.2) is 18.2 Å². The van der Waals surface area contributed by atoms with E-state index in [0.29, 0.717) is 43.4 Å². The number of rotatable bonds is 3. The Bertz CT molecular complexity index is 541. The van der Waals surface area contributed by atoms with Crippen molar-refractivity contribution in [2.75, 3.05) is 38.0 Å². The van der Waals surface area contributed by atoms with Gasteiger partial charge in [-0.1, -0.05) is 31.5 Å². The number of nitrogens with zero attached hydrogens (tertiary/aromatic N) is 2. The molecule has 1 aliphatic rings. The molecule has 2 rings (SSSR count). The van der Waals surface area contributed by atoms with E-state index in [9.17, 15) is 9.59 Å². The Balaban J connectivity index is 0.00000127. The molecule has 1 heterocycles. The topological polar surface area (TPSA) is 52.7 Å². The van der Waals surface area contributed by atoms with Gasteiger partial charge in [-0.15, -0.1) is 0 Å². The van der Waals surface area contributed by atoms with Crippen LogP contribution in [0.3, 0.4) is 0 Å². The Morgan fingerprint density at radius 2 is 1.78 bits per heavy atom. The number of piperazine rings is 1. The first-order valence-corrected chi connectivity index (χ1v) is 8.37. The molecule has 1 N–H and O–H groups in total. The van der Waals surface area contributed by atoms with Crippen molar-refractivity contribution in [3.05, 3.63) is 28.8 Å². The van der Waals surface area contributed by atoms with E-state index < -0.39 is 0 Å². The third kappa shape index (κ3) is 6.20. The second kappa shape index (κ2) is 9.53. The largest absolute Gasteiger partial charge is 0.340 e. The maximum atomic E-state index is 12.0. The van der Waals surface area contributed by atoms with Crippen molar-refractivity contribution >= 4 is 29.1 Å². The molecule has 0 bridgehead atoms. The van der Waals surface area contributed by atoms with Crippen molar-refractivity contribution in [1.82, 2.24) is 9.80 Å². The van der Waals surface area contributed by atoms with Crippen LogP contribution in [0.2, 0.25) is 5.02 Å². The zero-order chi connectivity index (χ0) is 17.4. The number of nitrogens with one attached hydrogen (secondary N) is 1. The molecule has 1 fully saturated rings. The summed E-state index contributed by atoms with van der Waals surface area (Å²) in [7, 11) is 0. The van der Waals surface area contributed by atoms with Crippen molar-refractivity contribution in [2.24, 2.45) is 0 Å². The maximum absolute atomic E-state index is 12.0. The highest BCUT2D eigenvalue weighted by molar-refractivity contribution is 6.33. The highest BCUT2D eigenvalue weighted by atomic mass is 35.5. The molecule has 23 heavy (non-hydrogen) atoms. The molecule has 1 saturated heterocycles. The number of amides is 2. The van der Waals surface area contributed by atoms with E-state index in [4.69, 9.17) is 11.6 Å². The van der Waals surface area contributed by atoms with E-state index in [1.165, 1.54) is 0 Å². The zero-order valence-electron chi connectivity index (χ0n) is 14.4. The first-order valence-electron chi connectivity index (χ1n) is 7.99. The maximum Gasteiger partial charge on any atom is 0.238 e. The molecule has 6 heteroatoms. The second-order valence-corrected chi connectivity index (χ2v) is 5.72. The lowest BCUT2D eigenvalue weighted by Crippen LogP contribution is -2.49. The van der Waals surface area contributed by atoms with Crippen LogP contribution in [-0.2, 0) is 9.59 Å². The van der Waals surface area contributed by atoms with Crippen molar-refractivity contribution in [2.45, 2.75) is 27.7 Å². The van der Waals surface area contributed by atoms with Gasteiger partial charge in [0.2, 0.25) is 11.8 Å². The van der Waals surface area contributed by atoms with E-state index in [2.05, 4.69) is 5.32 Å². The second-order valence-electron chi connectivity index (χ2n) is 5.31. The predicted molar refractivity (Wildman–Crippen MR) is 94.9 cm³/mol. The molecule has 1 aromatic carbocycles. The zero-order valence-corrected chi connectivity index (χ0v) is 15.1. The molecule has 0 radical (unpaired) electrons. The van der Waals surface area contributed by atoms with Crippen molar-refractivity contribution in [1.29, 1.82) is 0 Å². The van der Waals surface area contributed by atoms with Crippen LogP contribution < -0.4 is 5.32 Å². The van der Waals surface area contributed by atoms with E-state index >= 15 is 0 Å². The Morgan fingerprint density at radius 1 is 1.17 bits per heavy atom. The van der Waals surface area contributed by atoms with E-state index in [1.54, 1.807) is 11.8 Å². The van der Waals surface area contributed by atoms with E-state index in [1.807, 2.05) is 43.9 Å². The number of hydrogen-bond acceptors (Lipinski definition) is 3. The number of carbonyl (C=O) groups is 2. The highest BCUT2D eigenvalue weighted by Gasteiger charge is 2.20. The summed E-state index contributed by atoms with van der Waals surface area (Å²) in [5.41, 5.74) is 1.69. The van der Waals surface area contributed by atoms with Crippen LogP contribution >= 0.6 is 11.6 Å². The average molecular weight is 340 g/mol. The quantitative estimate of drug-likeness (QED) is 0.921. The van der Waals surface area contributed by atoms with Crippen molar-refractivity contribution < 1.29 is 9.59 Å². The fraction of sp³-hybridized carbons (Fsp3) is 0.529. The third-order valence-electron chi connectivity index (χ3n) is 3.58. The normalized spacial score (nSPS) is 14.7. The molecule has 5 nitrogen and oxygen atoms in total. The van der Waals surface area contributed by atoms with Crippen molar-refractivity contribution in [3.8, 4) is 0 Å². The van der Waals surface area contributed by atoms with Crippen LogP contribution in [0.5, 0.6) is 0 Å². The van der Waals surface area contributed by atoms with Gasteiger partial charge in [-0.3, -0.25) is 14.5 Å². The molecule has 0 spiro atoms. The summed E-state index contributed by atoms with van der Waals surface area (Å²) >= 11 is 6.10. The van der Waals surface area contributed by atoms with Gasteiger partial charge in [-0.05, 0) is 24.6 Å². The average Bonchev–Trinajstić information content (AvgIpc) is 2.52. The van der Waals surface area contributed by atoms with Gasteiger partial charge in [0.1, 0.15) is 0 Å². The number of hydrogen-bond donors (Lipinski definition) is 1. The molecular weight excluding hydrogens is 314 g/mol. The van der Waals surface area contributed by atoms with E-state index in [0.717, 1.165) is 5.56 Å². The summed E-state index contributed by atoms with van der Waals surface area (Å²) in [6, 6.07) is 5.54. The predicted octanol–water partition coefficient (Wildman–Crippen LogP) is 2.78. The van der Waals surface area contributed by atoms with Crippen LogP contribution in [-0.4, -0.2) is 54.3 Å². The number of benzene rings is 1. The Kier molecular flexibility index (Phi) is 8.06. The molecule has 1 aliphatic heterocycles. The van der Waals surface area contributed by atoms with Crippen molar-refractivity contribution in [3.63, 3.8) is 0 Å². The van der Waals surface area contributed by atoms with Crippen LogP contribution in [0.4, 0.5) is 5.69 Å². The van der Waals surface area contributed by atoms with Crippen LogP contribution in [0, 0.1) is 6.92 Å². The smallest absolute Gasteiger partial charge is 0.238 e. The van der Waals surface area contributed by atoms with Gasteiger partial charge >= 0.3 is 0 Å². The summed E-state index contributed by atoms with van der Waals surface area (Å²) in [6.07, 6.45) is 0. The number of halogens is 1. The lowest BCUT2D eigenvalue weighted by atomic mass is 10.2. The molecule has 0 aliphatic carbocycles. The standard InChI is InChI=1S/C15H20ClN3O2.C2H6/c1-11-3-4-14(13(16)9-11)17-15(21)10-18-5-7-19(8-6-18)12(2)20;1-2/h3-4,9H,5-8,10H2,1-2H3,(H,17,21);1-2H3. The molecule has 0 atom stereocenters. The molecule has 1 aromatic rings. The number of anilines is 1. The number of carbonyl (C=O) groups excluding carboxylic acids is 2. The molecular formula is C17H26ClN3O2. The SMILES string of the molecule is CC.CC(=O)N1CCN(CC(=O)Nc2ccc(C)cc2Cl)CC1. The fourth-order valence-electron chi connectivity index (χ4n) is 2.34. The minimum Gasteiger partial charge on any atom is -0.340 e. The summed E-state index contributed by atoms with van der Waals surface area (Å²) in [5, 5.41) is 3.37. The van der Waals surface area contributed by atoms with Gasteiger partial charge in [0, 0.05) is 33.1 Å². The van der Waals surface area contributed by atoms with Crippen LogP contribution in [0.25, 0.3) is 0 Å². The minimum atomic E-state index is -0.0861. The van der Waals surface area contributed by atoms with Gasteiger partial charge < -0.3 is 10.2 Å². The lowest BCUT2D eigenvalue weighted by Gasteiger charge is -2.33. The highest BCUT2D eigenvalue weighted by Crippen LogP contribution is 2.22. The summed E-state index contributed by atoms with van der Waals surface area (Å²) in [6.45, 7) is 10.6. The van der Waals surface area contributed by atoms with Gasteiger partial charge in [-0.25, -0.2) is 0 Å². The molecule has 128 valence electrons. The fourth-order valence-corrected chi connectivity index (χ4v) is 2.62. The summed E-state index contributed by atoms with van der Waals surface area (Å²) < 4.78 is 0. The Labute approximate surface area is 143 Å². The first-order chi connectivity index (χ1) is 11.0. The summed E-state index contributed by atoms with van der Waals surface area (Å²) in [5.74, 6) is 0.00238. The van der Waals surface area contributed by atoms with Gasteiger partial charge in [-0.2, -0.15) is 0 Å². The van der Waals surface area contributed by atoms with Gasteiger partial charge in [0.05, 0.1) is 17.3 Å². The minimum absolute atomic E-state index is 0.0861. The molecule has 0 aromatic heterocycles. The first kappa shape index (κ1) is 19.5. The van der Waals surface area contributed by atoms with E-state index in [-0.39, 0.29) is 11.8 Å². The number of aryl methyl sites for hydroxylation is 1. The van der Waals surface area contributed by atoms with Gasteiger partial charge in [0.15, 0.2) is 0 Å². The monoisotopic (exact) mass is 339 g/mol. The van der Waals surface area contributed by atoms with Crippen LogP contribution in [0.1, 0.15) is 26.3 Å². The summed E-state index contributed by atoms with van der Waals surface area (Å²) in [4.78, 5) is 27.1.